The zero-order valence-corrected chi connectivity index (χ0v) is 7.80. The molecular formula is C10H12LiN. The molecule has 1 aliphatic carbocycles. The second kappa shape index (κ2) is 4.03. The monoisotopic (exact) mass is 153 g/mol. The van der Waals surface area contributed by atoms with Crippen molar-refractivity contribution in [1.29, 1.82) is 0 Å². The molecule has 12 heavy (non-hydrogen) atoms. The molecule has 1 aromatic rings. The van der Waals surface area contributed by atoms with Gasteiger partial charge in [0.2, 0.25) is 0 Å². The molecule has 2 heteroatoms. The van der Waals surface area contributed by atoms with Gasteiger partial charge in [0.25, 0.3) is 0 Å². The fourth-order valence-corrected chi connectivity index (χ4v) is 1.56. The topological polar surface area (TPSA) is 12.9 Å². The molecule has 0 bridgehead atoms. The number of rotatable bonds is 0. The second-order valence-electron chi connectivity index (χ2n) is 3.15. The Balaban J connectivity index is 0.000000720. The first kappa shape index (κ1) is 9.70. The summed E-state index contributed by atoms with van der Waals surface area (Å²) in [4.78, 5) is 4.36. The molecule has 0 amide bonds. The van der Waals surface area contributed by atoms with E-state index in [0.29, 0.717) is 0 Å². The molecule has 1 aromatic heterocycles. The van der Waals surface area contributed by atoms with Crippen molar-refractivity contribution < 1.29 is 18.9 Å². The maximum Gasteiger partial charge on any atom is 1.00 e. The maximum absolute atomic E-state index is 4.36. The Morgan fingerprint density at radius 1 is 1.50 bits per heavy atom. The van der Waals surface area contributed by atoms with Crippen molar-refractivity contribution in [2.45, 2.75) is 26.2 Å². The summed E-state index contributed by atoms with van der Waals surface area (Å²) >= 11 is 0. The first-order chi connectivity index (χ1) is 5.36. The minimum Gasteiger partial charge on any atom is -0.295 e. The van der Waals surface area contributed by atoms with Crippen LogP contribution in [0.15, 0.2) is 12.3 Å². The molecular weight excluding hydrogens is 141 g/mol. The van der Waals surface area contributed by atoms with Gasteiger partial charge in [-0.1, -0.05) is 24.1 Å². The van der Waals surface area contributed by atoms with E-state index in [4.69, 9.17) is 0 Å². The molecule has 1 aliphatic rings. The average molecular weight is 153 g/mol. The van der Waals surface area contributed by atoms with Gasteiger partial charge in [0.1, 0.15) is 0 Å². The minimum atomic E-state index is 0. The summed E-state index contributed by atoms with van der Waals surface area (Å²) < 4.78 is 0. The van der Waals surface area contributed by atoms with Crippen LogP contribution in [-0.2, 0) is 6.42 Å². The summed E-state index contributed by atoms with van der Waals surface area (Å²) in [5.41, 5.74) is 3.91. The molecule has 0 unspecified atom stereocenters. The maximum atomic E-state index is 4.36. The van der Waals surface area contributed by atoms with Gasteiger partial charge in [-0.3, -0.25) is 4.98 Å². The summed E-state index contributed by atoms with van der Waals surface area (Å²) in [6.07, 6.45) is 7.88. The molecule has 0 radical (unpaired) electrons. The zero-order valence-electron chi connectivity index (χ0n) is 7.80. The summed E-state index contributed by atoms with van der Waals surface area (Å²) in [5, 5.41) is 0. The number of pyridine rings is 1. The molecule has 0 atom stereocenters. The largest absolute Gasteiger partial charge is 1.00 e. The van der Waals surface area contributed by atoms with Crippen molar-refractivity contribution in [3.05, 3.63) is 35.5 Å². The van der Waals surface area contributed by atoms with Crippen LogP contribution in [-0.4, -0.2) is 4.98 Å². The van der Waals surface area contributed by atoms with E-state index in [2.05, 4.69) is 24.4 Å². The van der Waals surface area contributed by atoms with E-state index >= 15 is 0 Å². The molecule has 0 saturated heterocycles. The van der Waals surface area contributed by atoms with Crippen LogP contribution in [0, 0.1) is 13.3 Å². The number of aromatic nitrogens is 1. The Bertz CT molecular complexity index is 271. The number of hydrogen-bond acceptors (Lipinski definition) is 1. The number of hydrogen-bond donors (Lipinski definition) is 0. The van der Waals surface area contributed by atoms with E-state index in [1.165, 1.54) is 36.1 Å². The van der Waals surface area contributed by atoms with Gasteiger partial charge in [0.15, 0.2) is 0 Å². The quantitative estimate of drug-likeness (QED) is 0.354. The molecule has 0 saturated carbocycles. The van der Waals surface area contributed by atoms with Crippen LogP contribution in [0.5, 0.6) is 0 Å². The van der Waals surface area contributed by atoms with Gasteiger partial charge in [0.05, 0.1) is 0 Å². The summed E-state index contributed by atoms with van der Waals surface area (Å²) in [6, 6.07) is 2.25. The van der Waals surface area contributed by atoms with Crippen molar-refractivity contribution in [1.82, 2.24) is 4.98 Å². The Morgan fingerprint density at radius 2 is 2.33 bits per heavy atom. The third-order valence-electron chi connectivity index (χ3n) is 2.13. The molecule has 0 N–H and O–H groups in total. The number of nitrogens with zero attached hydrogens (tertiary/aromatic N) is 1. The third kappa shape index (κ3) is 1.86. The number of aryl methyl sites for hydroxylation is 2. The second-order valence-corrected chi connectivity index (χ2v) is 3.15. The van der Waals surface area contributed by atoms with E-state index in [-0.39, 0.29) is 18.9 Å². The molecule has 0 aromatic carbocycles. The smallest absolute Gasteiger partial charge is 0.295 e. The van der Waals surface area contributed by atoms with Crippen LogP contribution in [0.4, 0.5) is 0 Å². The standard InChI is InChI=1S/C10H12N.Li/c1-8-6-9-4-2-3-5-10(9)11-7-8;/h5-7H,2-4H2,1H3;/q-1;+1. The van der Waals surface area contributed by atoms with Gasteiger partial charge in [0, 0.05) is 6.20 Å². The van der Waals surface area contributed by atoms with E-state index in [0.717, 1.165) is 0 Å². The minimum absolute atomic E-state index is 0. The van der Waals surface area contributed by atoms with Crippen LogP contribution in [0.2, 0.25) is 0 Å². The fourth-order valence-electron chi connectivity index (χ4n) is 1.56. The van der Waals surface area contributed by atoms with Crippen molar-refractivity contribution >= 4 is 0 Å². The van der Waals surface area contributed by atoms with Gasteiger partial charge in [-0.05, 0) is 6.92 Å². The molecule has 0 spiro atoms. The molecule has 1 nitrogen and oxygen atoms in total. The van der Waals surface area contributed by atoms with Crippen LogP contribution < -0.4 is 18.9 Å². The Kier molecular flexibility index (Phi) is 3.26. The van der Waals surface area contributed by atoms with Gasteiger partial charge in [-0.2, -0.15) is 5.56 Å². The van der Waals surface area contributed by atoms with E-state index in [1.54, 1.807) is 0 Å². The molecule has 2 rings (SSSR count). The Morgan fingerprint density at radius 3 is 3.17 bits per heavy atom. The van der Waals surface area contributed by atoms with Crippen molar-refractivity contribution in [2.75, 3.05) is 0 Å². The SMILES string of the molecule is Cc1cnc2c(c1)CCC[CH-]2.[Li+]. The van der Waals surface area contributed by atoms with Crippen LogP contribution in [0.1, 0.15) is 29.7 Å². The van der Waals surface area contributed by atoms with Gasteiger partial charge < -0.3 is 0 Å². The van der Waals surface area contributed by atoms with Crippen LogP contribution >= 0.6 is 0 Å². The fraction of sp³-hybridized carbons (Fsp3) is 0.400. The summed E-state index contributed by atoms with van der Waals surface area (Å²) in [7, 11) is 0. The first-order valence-electron chi connectivity index (χ1n) is 4.15. The molecule has 0 fully saturated rings. The molecule has 1 heterocycles. The number of fused-ring (bicyclic) bond motifs is 1. The Hall–Kier alpha value is -0.383. The van der Waals surface area contributed by atoms with E-state index in [9.17, 15) is 0 Å². The van der Waals surface area contributed by atoms with E-state index in [1.807, 2.05) is 6.20 Å². The normalized spacial score (nSPS) is 14.1. The molecule has 0 aliphatic heterocycles. The molecule has 58 valence electrons. The predicted molar refractivity (Wildman–Crippen MR) is 45.3 cm³/mol. The Labute approximate surface area is 85.8 Å². The first-order valence-corrected chi connectivity index (χ1v) is 4.15. The average Bonchev–Trinajstić information content (AvgIpc) is 2.04. The predicted octanol–water partition coefficient (Wildman–Crippen LogP) is -0.717. The van der Waals surface area contributed by atoms with Crippen LogP contribution in [0.3, 0.4) is 0 Å². The van der Waals surface area contributed by atoms with Gasteiger partial charge in [-0.25, -0.2) is 6.42 Å². The van der Waals surface area contributed by atoms with Crippen LogP contribution in [0.25, 0.3) is 0 Å². The van der Waals surface area contributed by atoms with Crippen molar-refractivity contribution in [2.24, 2.45) is 0 Å². The van der Waals surface area contributed by atoms with Gasteiger partial charge in [-0.15, -0.1) is 12.5 Å². The zero-order chi connectivity index (χ0) is 7.68. The van der Waals surface area contributed by atoms with Crippen molar-refractivity contribution in [3.8, 4) is 0 Å². The van der Waals surface area contributed by atoms with Crippen molar-refractivity contribution in [3.63, 3.8) is 0 Å². The van der Waals surface area contributed by atoms with E-state index < -0.39 is 0 Å². The third-order valence-corrected chi connectivity index (χ3v) is 2.13. The summed E-state index contributed by atoms with van der Waals surface area (Å²) in [6.45, 7) is 2.10. The van der Waals surface area contributed by atoms with Gasteiger partial charge >= 0.3 is 18.9 Å². The summed E-state index contributed by atoms with van der Waals surface area (Å²) in [5.74, 6) is 0.